The summed E-state index contributed by atoms with van der Waals surface area (Å²) >= 11 is 0. The van der Waals surface area contributed by atoms with Crippen molar-refractivity contribution >= 4 is 35.0 Å². The topological polar surface area (TPSA) is 91.5 Å². The number of rotatable bonds is 4. The summed E-state index contributed by atoms with van der Waals surface area (Å²) in [6.45, 7) is 0. The van der Waals surface area contributed by atoms with Crippen molar-refractivity contribution in [3.63, 3.8) is 0 Å². The number of allylic oxidation sites excluding steroid dienone is 1. The summed E-state index contributed by atoms with van der Waals surface area (Å²) in [7, 11) is 0. The van der Waals surface area contributed by atoms with E-state index in [-0.39, 0.29) is 5.82 Å². The molecule has 0 saturated heterocycles. The lowest BCUT2D eigenvalue weighted by atomic mass is 10.1. The fourth-order valence-corrected chi connectivity index (χ4v) is 1.83. The number of alkyl halides is 3. The van der Waals surface area contributed by atoms with Gasteiger partial charge in [-0.25, -0.2) is 9.79 Å². The number of halogens is 3. The second-order valence-corrected chi connectivity index (χ2v) is 4.55. The predicted molar refractivity (Wildman–Crippen MR) is 81.4 cm³/mol. The second-order valence-electron chi connectivity index (χ2n) is 4.55. The van der Waals surface area contributed by atoms with E-state index in [4.69, 9.17) is 10.8 Å². The van der Waals surface area contributed by atoms with Crippen LogP contribution in [-0.2, 0) is 4.79 Å². The average Bonchev–Trinajstić information content (AvgIpc) is 2.86. The molecular weight excluding hydrogens is 311 g/mol. The van der Waals surface area contributed by atoms with Gasteiger partial charge < -0.3 is 15.8 Å². The van der Waals surface area contributed by atoms with Gasteiger partial charge in [0.2, 0.25) is 0 Å². The lowest BCUT2D eigenvalue weighted by Crippen LogP contribution is -2.14. The highest BCUT2D eigenvalue weighted by atomic mass is 19.4. The van der Waals surface area contributed by atoms with Crippen molar-refractivity contribution in [2.45, 2.75) is 6.18 Å². The fourth-order valence-electron chi connectivity index (χ4n) is 1.83. The summed E-state index contributed by atoms with van der Waals surface area (Å²) in [5, 5.41) is 9.27. The molecule has 2 aromatic rings. The highest BCUT2D eigenvalue weighted by molar-refractivity contribution is 5.90. The van der Waals surface area contributed by atoms with E-state index in [9.17, 15) is 18.0 Å². The van der Waals surface area contributed by atoms with Crippen molar-refractivity contribution in [2.75, 3.05) is 0 Å². The zero-order valence-corrected chi connectivity index (χ0v) is 11.6. The summed E-state index contributed by atoms with van der Waals surface area (Å²) in [6, 6.07) is 6.59. The Morgan fingerprint density at radius 3 is 2.65 bits per heavy atom. The first-order valence-corrected chi connectivity index (χ1v) is 6.36. The number of aromatic amines is 1. The number of benzene rings is 1. The molecule has 1 aromatic heterocycles. The van der Waals surface area contributed by atoms with E-state index >= 15 is 0 Å². The molecule has 0 aliphatic rings. The Bertz CT molecular complexity index is 817. The summed E-state index contributed by atoms with van der Waals surface area (Å²) in [6.07, 6.45) is -1.08. The van der Waals surface area contributed by atoms with Crippen LogP contribution >= 0.6 is 0 Å². The first-order valence-electron chi connectivity index (χ1n) is 6.36. The zero-order valence-electron chi connectivity index (χ0n) is 11.6. The van der Waals surface area contributed by atoms with Gasteiger partial charge in [-0.05, 0) is 29.8 Å². The van der Waals surface area contributed by atoms with Crippen LogP contribution in [0.25, 0.3) is 17.0 Å². The number of H-pyrrole nitrogens is 1. The van der Waals surface area contributed by atoms with Crippen LogP contribution in [0.1, 0.15) is 5.56 Å². The molecule has 0 radical (unpaired) electrons. The van der Waals surface area contributed by atoms with Crippen LogP contribution in [0.5, 0.6) is 0 Å². The maximum atomic E-state index is 12.5. The lowest BCUT2D eigenvalue weighted by Gasteiger charge is -2.04. The van der Waals surface area contributed by atoms with Crippen LogP contribution in [0.3, 0.4) is 0 Å². The van der Waals surface area contributed by atoms with E-state index < -0.39 is 17.7 Å². The van der Waals surface area contributed by atoms with Gasteiger partial charge in [0.1, 0.15) is 5.82 Å². The Hall–Kier alpha value is -3.03. The number of fused-ring (bicyclic) bond motifs is 1. The van der Waals surface area contributed by atoms with Gasteiger partial charge >= 0.3 is 12.1 Å². The van der Waals surface area contributed by atoms with Crippen molar-refractivity contribution in [3.05, 3.63) is 47.7 Å². The second kappa shape index (κ2) is 6.39. The van der Waals surface area contributed by atoms with Crippen LogP contribution in [0.4, 0.5) is 19.0 Å². The van der Waals surface area contributed by atoms with Gasteiger partial charge in [-0.3, -0.25) is 0 Å². The first kappa shape index (κ1) is 16.3. The number of aromatic nitrogens is 1. The quantitative estimate of drug-likeness (QED) is 0.595. The molecule has 0 bridgehead atoms. The zero-order chi connectivity index (χ0) is 17.0. The van der Waals surface area contributed by atoms with E-state index in [2.05, 4.69) is 9.98 Å². The predicted octanol–water partition coefficient (Wildman–Crippen LogP) is 3.37. The Kier molecular flexibility index (Phi) is 4.54. The van der Waals surface area contributed by atoms with E-state index in [0.29, 0.717) is 28.9 Å². The number of carbonyl (C=O) groups is 1. The Balaban J connectivity index is 2.29. The van der Waals surface area contributed by atoms with Crippen molar-refractivity contribution < 1.29 is 23.1 Å². The number of hydrogen-bond acceptors (Lipinski definition) is 3. The third kappa shape index (κ3) is 4.22. The molecule has 1 aromatic carbocycles. The molecular formula is C15H12F3N3O2. The SMILES string of the molecule is N/C=C(\C=N\c1cc2cc(/C=C/C(=O)O)ccc2[nH]1)C(F)(F)F. The Morgan fingerprint density at radius 1 is 1.30 bits per heavy atom. The molecule has 0 aliphatic carbocycles. The molecule has 0 saturated carbocycles. The molecule has 120 valence electrons. The Morgan fingerprint density at radius 2 is 2.04 bits per heavy atom. The Labute approximate surface area is 128 Å². The largest absolute Gasteiger partial charge is 0.478 e. The summed E-state index contributed by atoms with van der Waals surface area (Å²) in [5.74, 6) is -0.847. The van der Waals surface area contributed by atoms with Gasteiger partial charge in [-0.2, -0.15) is 13.2 Å². The number of carboxylic acids is 1. The lowest BCUT2D eigenvalue weighted by molar-refractivity contribution is -0.131. The minimum absolute atomic E-state index is 0.225. The minimum atomic E-state index is -4.57. The molecule has 0 atom stereocenters. The highest BCUT2D eigenvalue weighted by Gasteiger charge is 2.32. The third-order valence-electron chi connectivity index (χ3n) is 2.90. The van der Waals surface area contributed by atoms with E-state index in [1.54, 1.807) is 24.3 Å². The summed E-state index contributed by atoms with van der Waals surface area (Å²) in [5.41, 5.74) is 5.19. The number of carboxylic acid groups (broad SMARTS) is 1. The summed E-state index contributed by atoms with van der Waals surface area (Å²) in [4.78, 5) is 17.0. The van der Waals surface area contributed by atoms with Crippen LogP contribution in [-0.4, -0.2) is 28.5 Å². The smallest absolute Gasteiger partial charge is 0.419 e. The molecule has 0 fully saturated rings. The van der Waals surface area contributed by atoms with Crippen LogP contribution in [0.2, 0.25) is 0 Å². The summed E-state index contributed by atoms with van der Waals surface area (Å²) < 4.78 is 37.6. The number of nitrogens with one attached hydrogen (secondary N) is 1. The average molecular weight is 323 g/mol. The molecule has 4 N–H and O–H groups in total. The molecule has 0 spiro atoms. The number of hydrogen-bond donors (Lipinski definition) is 3. The number of nitrogens with zero attached hydrogens (tertiary/aromatic N) is 1. The van der Waals surface area contributed by atoms with Crippen LogP contribution in [0.15, 0.2) is 47.1 Å². The standard InChI is InChI=1S/C15H12F3N3O2/c16-15(17,18)11(7-19)8-20-13-6-10-5-9(2-4-14(22)23)1-3-12(10)21-13/h1-8,21H,19H2,(H,22,23)/b4-2+,11-7+,20-8+. The van der Waals surface area contributed by atoms with E-state index in [0.717, 1.165) is 6.08 Å². The third-order valence-corrected chi connectivity index (χ3v) is 2.90. The molecule has 0 amide bonds. The number of nitrogens with two attached hydrogens (primary N) is 1. The molecule has 8 heteroatoms. The maximum absolute atomic E-state index is 12.5. The van der Waals surface area contributed by atoms with Gasteiger partial charge in [0.15, 0.2) is 0 Å². The molecule has 23 heavy (non-hydrogen) atoms. The van der Waals surface area contributed by atoms with Gasteiger partial charge in [0, 0.05) is 29.4 Å². The van der Waals surface area contributed by atoms with E-state index in [1.165, 1.54) is 6.08 Å². The van der Waals surface area contributed by atoms with Crippen molar-refractivity contribution in [1.29, 1.82) is 0 Å². The van der Waals surface area contributed by atoms with Crippen molar-refractivity contribution in [2.24, 2.45) is 10.7 Å². The minimum Gasteiger partial charge on any atom is -0.478 e. The highest BCUT2D eigenvalue weighted by Crippen LogP contribution is 2.26. The van der Waals surface area contributed by atoms with Crippen LogP contribution < -0.4 is 5.73 Å². The van der Waals surface area contributed by atoms with Gasteiger partial charge in [-0.15, -0.1) is 0 Å². The number of aliphatic imine (C=N–C) groups is 1. The van der Waals surface area contributed by atoms with Crippen molar-refractivity contribution in [1.82, 2.24) is 4.98 Å². The maximum Gasteiger partial charge on any atom is 0.419 e. The normalized spacial score (nSPS) is 13.4. The molecule has 0 unspecified atom stereocenters. The van der Waals surface area contributed by atoms with Gasteiger partial charge in [-0.1, -0.05) is 6.07 Å². The monoisotopic (exact) mass is 323 g/mol. The molecule has 1 heterocycles. The van der Waals surface area contributed by atoms with Crippen molar-refractivity contribution in [3.8, 4) is 0 Å². The van der Waals surface area contributed by atoms with Gasteiger partial charge in [0.25, 0.3) is 0 Å². The van der Waals surface area contributed by atoms with Crippen LogP contribution in [0, 0.1) is 0 Å². The first-order chi connectivity index (χ1) is 10.8. The molecule has 2 rings (SSSR count). The molecule has 5 nitrogen and oxygen atoms in total. The van der Waals surface area contributed by atoms with E-state index in [1.807, 2.05) is 0 Å². The van der Waals surface area contributed by atoms with Gasteiger partial charge in [0.05, 0.1) is 5.57 Å². The molecule has 0 aliphatic heterocycles. The fraction of sp³-hybridized carbons (Fsp3) is 0.0667. The number of aliphatic carboxylic acids is 1.